The molecule has 0 aliphatic carbocycles. The number of fused-ring (bicyclic) bond motifs is 1. The minimum Gasteiger partial charge on any atom is -0.496 e. The summed E-state index contributed by atoms with van der Waals surface area (Å²) in [6.07, 6.45) is -3.62. The van der Waals surface area contributed by atoms with Gasteiger partial charge in [0.2, 0.25) is 0 Å². The number of hydrogen-bond acceptors (Lipinski definition) is 2. The molecule has 1 aliphatic rings. The van der Waals surface area contributed by atoms with Gasteiger partial charge in [-0.1, -0.05) is 6.92 Å². The van der Waals surface area contributed by atoms with Crippen molar-refractivity contribution in [2.75, 3.05) is 27.2 Å². The lowest BCUT2D eigenvalue weighted by atomic mass is 9.92. The Morgan fingerprint density at radius 3 is 2.58 bits per heavy atom. The first-order valence-corrected chi connectivity index (χ1v) is 6.29. The van der Waals surface area contributed by atoms with Gasteiger partial charge in [0.05, 0.1) is 12.7 Å². The molecule has 2 rings (SSSR count). The molecule has 0 bridgehead atoms. The molecular weight excluding hydrogens is 255 g/mol. The van der Waals surface area contributed by atoms with Crippen molar-refractivity contribution in [3.8, 4) is 5.75 Å². The van der Waals surface area contributed by atoms with Gasteiger partial charge in [-0.15, -0.1) is 0 Å². The molecule has 106 valence electrons. The van der Waals surface area contributed by atoms with E-state index >= 15 is 0 Å². The van der Waals surface area contributed by atoms with E-state index in [4.69, 9.17) is 4.74 Å². The van der Waals surface area contributed by atoms with Crippen LogP contribution in [-0.4, -0.2) is 32.1 Å². The molecule has 5 heteroatoms. The zero-order valence-corrected chi connectivity index (χ0v) is 11.3. The number of halogens is 3. The monoisotopic (exact) mass is 273 g/mol. The van der Waals surface area contributed by atoms with Crippen LogP contribution in [0.1, 0.15) is 29.5 Å². The Morgan fingerprint density at radius 2 is 2.00 bits per heavy atom. The van der Waals surface area contributed by atoms with Gasteiger partial charge in [-0.25, -0.2) is 0 Å². The van der Waals surface area contributed by atoms with Crippen molar-refractivity contribution < 1.29 is 17.9 Å². The van der Waals surface area contributed by atoms with E-state index in [1.165, 1.54) is 13.2 Å². The van der Waals surface area contributed by atoms with Gasteiger partial charge < -0.3 is 9.64 Å². The summed E-state index contributed by atoms with van der Waals surface area (Å²) >= 11 is 0. The lowest BCUT2D eigenvalue weighted by Gasteiger charge is -2.19. The maximum atomic E-state index is 13.0. The van der Waals surface area contributed by atoms with Crippen LogP contribution in [0, 0.1) is 0 Å². The van der Waals surface area contributed by atoms with Crippen LogP contribution in [0.3, 0.4) is 0 Å². The molecule has 1 aromatic rings. The largest absolute Gasteiger partial charge is 0.496 e. The highest BCUT2D eigenvalue weighted by Gasteiger charge is 2.36. The third-order valence-corrected chi connectivity index (χ3v) is 3.65. The minimum atomic E-state index is -4.38. The average Bonchev–Trinajstić information content (AvgIpc) is 2.46. The molecule has 0 saturated carbocycles. The Bertz CT molecular complexity index is 470. The highest BCUT2D eigenvalue weighted by molar-refractivity contribution is 5.46. The van der Waals surface area contributed by atoms with E-state index in [-0.39, 0.29) is 11.7 Å². The first-order chi connectivity index (χ1) is 8.82. The summed E-state index contributed by atoms with van der Waals surface area (Å²) in [6, 6.07) is 2.81. The fraction of sp³-hybridized carbons (Fsp3) is 0.571. The third kappa shape index (κ3) is 2.86. The van der Waals surface area contributed by atoms with Gasteiger partial charge >= 0.3 is 6.18 Å². The van der Waals surface area contributed by atoms with E-state index in [2.05, 4.69) is 4.90 Å². The zero-order chi connectivity index (χ0) is 14.2. The Hall–Kier alpha value is -1.23. The van der Waals surface area contributed by atoms with Crippen molar-refractivity contribution in [1.82, 2.24) is 4.90 Å². The maximum Gasteiger partial charge on any atom is 0.419 e. The van der Waals surface area contributed by atoms with Crippen molar-refractivity contribution in [2.45, 2.75) is 25.4 Å². The summed E-state index contributed by atoms with van der Waals surface area (Å²) in [5.74, 6) is 0.0116. The normalized spacial score (nSPS) is 20.8. The SMILES string of the molecule is COc1cc2c(cc1C(F)(F)F)C(C)CN(C)CC2. The molecule has 0 fully saturated rings. The van der Waals surface area contributed by atoms with Crippen LogP contribution < -0.4 is 4.74 Å². The first kappa shape index (κ1) is 14.2. The molecule has 2 nitrogen and oxygen atoms in total. The second-order valence-corrected chi connectivity index (χ2v) is 5.16. The number of ether oxygens (including phenoxy) is 1. The lowest BCUT2D eigenvalue weighted by molar-refractivity contribution is -0.138. The highest BCUT2D eigenvalue weighted by Crippen LogP contribution is 2.40. The van der Waals surface area contributed by atoms with Crippen molar-refractivity contribution in [1.29, 1.82) is 0 Å². The van der Waals surface area contributed by atoms with Gasteiger partial charge in [-0.05, 0) is 42.6 Å². The molecule has 1 aromatic carbocycles. The molecule has 1 heterocycles. The van der Waals surface area contributed by atoms with Gasteiger partial charge in [0.15, 0.2) is 0 Å². The maximum absolute atomic E-state index is 13.0. The second kappa shape index (κ2) is 5.04. The molecule has 0 amide bonds. The molecule has 19 heavy (non-hydrogen) atoms. The van der Waals surface area contributed by atoms with E-state index in [0.717, 1.165) is 30.6 Å². The molecule has 1 unspecified atom stereocenters. The van der Waals surface area contributed by atoms with Crippen molar-refractivity contribution in [3.63, 3.8) is 0 Å². The van der Waals surface area contributed by atoms with Gasteiger partial charge in [0.25, 0.3) is 0 Å². The molecule has 1 atom stereocenters. The van der Waals surface area contributed by atoms with Crippen molar-refractivity contribution in [2.24, 2.45) is 0 Å². The average molecular weight is 273 g/mol. The Kier molecular flexibility index (Phi) is 3.76. The number of methoxy groups -OCH3 is 1. The summed E-state index contributed by atoms with van der Waals surface area (Å²) in [5, 5.41) is 0. The van der Waals surface area contributed by atoms with E-state index in [0.29, 0.717) is 0 Å². The molecular formula is C14H18F3NO. The van der Waals surface area contributed by atoms with Crippen LogP contribution in [-0.2, 0) is 12.6 Å². The van der Waals surface area contributed by atoms with Crippen LogP contribution in [0.15, 0.2) is 12.1 Å². The van der Waals surface area contributed by atoms with E-state index < -0.39 is 11.7 Å². The Balaban J connectivity index is 2.54. The van der Waals surface area contributed by atoms with Crippen LogP contribution in [0.25, 0.3) is 0 Å². The number of benzene rings is 1. The minimum absolute atomic E-state index is 0.0806. The predicted octanol–water partition coefficient (Wildman–Crippen LogP) is 3.31. The molecule has 0 N–H and O–H groups in total. The van der Waals surface area contributed by atoms with Crippen molar-refractivity contribution >= 4 is 0 Å². The van der Waals surface area contributed by atoms with E-state index in [9.17, 15) is 13.2 Å². The molecule has 0 saturated heterocycles. The van der Waals surface area contributed by atoms with Crippen LogP contribution in [0.2, 0.25) is 0 Å². The topological polar surface area (TPSA) is 12.5 Å². The third-order valence-electron chi connectivity index (χ3n) is 3.65. The summed E-state index contributed by atoms with van der Waals surface area (Å²) in [6.45, 7) is 3.59. The lowest BCUT2D eigenvalue weighted by Crippen LogP contribution is -2.22. The summed E-state index contributed by atoms with van der Waals surface area (Å²) in [4.78, 5) is 2.14. The summed E-state index contributed by atoms with van der Waals surface area (Å²) < 4.78 is 44.0. The number of alkyl halides is 3. The fourth-order valence-electron chi connectivity index (χ4n) is 2.67. The van der Waals surface area contributed by atoms with E-state index in [1.807, 2.05) is 14.0 Å². The standard InChI is InChI=1S/C14H18F3NO/c1-9-8-18(2)5-4-10-6-13(19-3)12(7-11(9)10)14(15,16)17/h6-7,9H,4-5,8H2,1-3H3. The Morgan fingerprint density at radius 1 is 1.32 bits per heavy atom. The fourth-order valence-corrected chi connectivity index (χ4v) is 2.67. The quantitative estimate of drug-likeness (QED) is 0.778. The number of likely N-dealkylation sites (N-methyl/N-ethyl adjacent to an activating group) is 1. The highest BCUT2D eigenvalue weighted by atomic mass is 19.4. The van der Waals surface area contributed by atoms with Crippen LogP contribution in [0.5, 0.6) is 5.75 Å². The Labute approximate surface area is 111 Å². The first-order valence-electron chi connectivity index (χ1n) is 6.29. The molecule has 1 aliphatic heterocycles. The van der Waals surface area contributed by atoms with Crippen molar-refractivity contribution in [3.05, 3.63) is 28.8 Å². The number of hydrogen-bond donors (Lipinski definition) is 0. The molecule has 0 radical (unpaired) electrons. The summed E-state index contributed by atoms with van der Waals surface area (Å²) in [7, 11) is 3.27. The van der Waals surface area contributed by atoms with Crippen LogP contribution in [0.4, 0.5) is 13.2 Å². The van der Waals surface area contributed by atoms with Gasteiger partial charge in [0.1, 0.15) is 5.75 Å². The predicted molar refractivity (Wildman–Crippen MR) is 67.6 cm³/mol. The van der Waals surface area contributed by atoms with Crippen LogP contribution >= 0.6 is 0 Å². The van der Waals surface area contributed by atoms with E-state index in [1.54, 1.807) is 6.07 Å². The number of nitrogens with zero attached hydrogens (tertiary/aromatic N) is 1. The van der Waals surface area contributed by atoms with Gasteiger partial charge in [0, 0.05) is 13.1 Å². The number of rotatable bonds is 1. The zero-order valence-electron chi connectivity index (χ0n) is 11.3. The smallest absolute Gasteiger partial charge is 0.419 e. The summed E-state index contributed by atoms with van der Waals surface area (Å²) in [5.41, 5.74) is 1.07. The van der Waals surface area contributed by atoms with Gasteiger partial charge in [-0.3, -0.25) is 0 Å². The second-order valence-electron chi connectivity index (χ2n) is 5.16. The van der Waals surface area contributed by atoms with Gasteiger partial charge in [-0.2, -0.15) is 13.2 Å². The molecule has 0 spiro atoms. The molecule has 0 aromatic heterocycles.